The number of hydrogen-bond acceptors (Lipinski definition) is 2. The fraction of sp³-hybridized carbons (Fsp3) is 0.500. The summed E-state index contributed by atoms with van der Waals surface area (Å²) in [6.45, 7) is 6.25. The van der Waals surface area contributed by atoms with Crippen LogP contribution in [-0.4, -0.2) is 29.3 Å². The molecule has 22 heavy (non-hydrogen) atoms. The van der Waals surface area contributed by atoms with Crippen molar-refractivity contribution in [1.29, 1.82) is 0 Å². The van der Waals surface area contributed by atoms with Gasteiger partial charge >= 0.3 is 0 Å². The van der Waals surface area contributed by atoms with Crippen molar-refractivity contribution < 1.29 is 9.59 Å². The zero-order valence-electron chi connectivity index (χ0n) is 13.2. The zero-order valence-corrected chi connectivity index (χ0v) is 14.7. The van der Waals surface area contributed by atoms with Gasteiger partial charge in [-0.25, -0.2) is 0 Å². The number of nitrogens with zero attached hydrogens (tertiary/aromatic N) is 1. The molecule has 0 aliphatic carbocycles. The molecule has 0 bridgehead atoms. The van der Waals surface area contributed by atoms with E-state index in [0.717, 1.165) is 6.42 Å². The minimum absolute atomic E-state index is 0.116. The van der Waals surface area contributed by atoms with Crippen molar-refractivity contribution in [2.75, 3.05) is 6.54 Å². The van der Waals surface area contributed by atoms with Crippen molar-refractivity contribution >= 4 is 35.0 Å². The third-order valence-electron chi connectivity index (χ3n) is 3.41. The van der Waals surface area contributed by atoms with Crippen LogP contribution in [0, 0.1) is 0 Å². The molecular weight excluding hydrogens is 323 g/mol. The summed E-state index contributed by atoms with van der Waals surface area (Å²) in [4.78, 5) is 25.9. The molecule has 0 aliphatic rings. The van der Waals surface area contributed by atoms with Crippen LogP contribution < -0.4 is 5.32 Å². The number of carbonyl (C=O) groups excluding carboxylic acids is 2. The lowest BCUT2D eigenvalue weighted by atomic mass is 10.1. The highest BCUT2D eigenvalue weighted by Crippen LogP contribution is 2.26. The van der Waals surface area contributed by atoms with E-state index in [2.05, 4.69) is 5.32 Å². The van der Waals surface area contributed by atoms with E-state index in [1.807, 2.05) is 6.92 Å². The molecule has 1 rings (SSSR count). The number of carbonyl (C=O) groups is 2. The first-order valence-corrected chi connectivity index (χ1v) is 8.18. The molecule has 0 saturated carbocycles. The van der Waals surface area contributed by atoms with Crippen molar-refractivity contribution in [1.82, 2.24) is 10.2 Å². The molecule has 122 valence electrons. The van der Waals surface area contributed by atoms with Gasteiger partial charge in [-0.15, -0.1) is 0 Å². The minimum atomic E-state index is -0.577. The number of nitrogens with one attached hydrogen (secondary N) is 1. The molecule has 4 nitrogen and oxygen atoms in total. The lowest BCUT2D eigenvalue weighted by Gasteiger charge is -2.29. The van der Waals surface area contributed by atoms with Crippen LogP contribution in [0.4, 0.5) is 0 Å². The number of amides is 2. The van der Waals surface area contributed by atoms with Gasteiger partial charge in [-0.1, -0.05) is 43.1 Å². The van der Waals surface area contributed by atoms with Crippen LogP contribution >= 0.6 is 23.2 Å². The van der Waals surface area contributed by atoms with Crippen molar-refractivity contribution in [2.45, 2.75) is 46.2 Å². The molecule has 1 aromatic rings. The predicted octanol–water partition coefficient (Wildman–Crippen LogP) is 3.65. The largest absolute Gasteiger partial charge is 0.354 e. The molecule has 2 amide bonds. The first-order chi connectivity index (χ1) is 10.4. The smallest absolute Gasteiger partial charge is 0.242 e. The Hall–Kier alpha value is -1.26. The average molecular weight is 345 g/mol. The molecule has 0 spiro atoms. The van der Waals surface area contributed by atoms with E-state index in [1.54, 1.807) is 32.0 Å². The molecule has 0 fully saturated rings. The molecule has 0 saturated heterocycles. The Balaban J connectivity index is 2.99. The Bertz CT molecular complexity index is 515. The lowest BCUT2D eigenvalue weighted by Crippen LogP contribution is -2.47. The Labute approximate surface area is 141 Å². The van der Waals surface area contributed by atoms with Gasteiger partial charge in [-0.05, 0) is 25.5 Å². The number of hydrogen-bond donors (Lipinski definition) is 1. The van der Waals surface area contributed by atoms with E-state index in [1.165, 1.54) is 4.90 Å². The van der Waals surface area contributed by atoms with E-state index in [-0.39, 0.29) is 18.4 Å². The number of halogens is 2. The first kappa shape index (κ1) is 18.8. The highest BCUT2D eigenvalue weighted by molar-refractivity contribution is 6.36. The third kappa shape index (κ3) is 4.89. The molecule has 0 aromatic heterocycles. The van der Waals surface area contributed by atoms with Crippen molar-refractivity contribution in [2.24, 2.45) is 0 Å². The molecule has 0 aliphatic heterocycles. The zero-order chi connectivity index (χ0) is 16.7. The molecule has 1 N–H and O–H groups in total. The highest BCUT2D eigenvalue weighted by Gasteiger charge is 2.26. The maximum Gasteiger partial charge on any atom is 0.242 e. The lowest BCUT2D eigenvalue weighted by molar-refractivity contribution is -0.140. The Kier molecular flexibility index (Phi) is 7.69. The number of benzene rings is 1. The molecule has 0 heterocycles. The SMILES string of the molecule is CCCNC(=O)C(C)N(Cc1c(Cl)cccc1Cl)C(=O)CC. The van der Waals surface area contributed by atoms with Crippen molar-refractivity contribution in [3.8, 4) is 0 Å². The van der Waals surface area contributed by atoms with Gasteiger partial charge in [-0.3, -0.25) is 9.59 Å². The molecule has 1 aromatic carbocycles. The number of rotatable bonds is 7. The first-order valence-electron chi connectivity index (χ1n) is 7.42. The van der Waals surface area contributed by atoms with Crippen LogP contribution in [0.2, 0.25) is 10.0 Å². The summed E-state index contributed by atoms with van der Waals surface area (Å²) in [6.07, 6.45) is 1.16. The maximum atomic E-state index is 12.2. The van der Waals surface area contributed by atoms with Crippen LogP contribution in [0.25, 0.3) is 0 Å². The van der Waals surface area contributed by atoms with Gasteiger partial charge in [-0.2, -0.15) is 0 Å². The molecular formula is C16H22Cl2N2O2. The Morgan fingerprint density at radius 3 is 2.32 bits per heavy atom. The van der Waals surface area contributed by atoms with Crippen LogP contribution in [0.5, 0.6) is 0 Å². The summed E-state index contributed by atoms with van der Waals surface area (Å²) in [7, 11) is 0. The van der Waals surface area contributed by atoms with Gasteiger partial charge in [0.2, 0.25) is 11.8 Å². The van der Waals surface area contributed by atoms with E-state index >= 15 is 0 Å². The van der Waals surface area contributed by atoms with Gasteiger partial charge in [0.1, 0.15) is 6.04 Å². The predicted molar refractivity (Wildman–Crippen MR) is 90.1 cm³/mol. The second-order valence-electron chi connectivity index (χ2n) is 5.04. The molecule has 1 atom stereocenters. The minimum Gasteiger partial charge on any atom is -0.354 e. The van der Waals surface area contributed by atoms with E-state index in [9.17, 15) is 9.59 Å². The summed E-state index contributed by atoms with van der Waals surface area (Å²) in [5, 5.41) is 3.78. The van der Waals surface area contributed by atoms with Gasteiger partial charge < -0.3 is 10.2 Å². The average Bonchev–Trinajstić information content (AvgIpc) is 2.51. The molecule has 6 heteroatoms. The van der Waals surface area contributed by atoms with E-state index in [0.29, 0.717) is 28.6 Å². The Morgan fingerprint density at radius 1 is 1.23 bits per heavy atom. The van der Waals surface area contributed by atoms with Crippen molar-refractivity contribution in [3.63, 3.8) is 0 Å². The van der Waals surface area contributed by atoms with Gasteiger partial charge in [0, 0.05) is 35.1 Å². The van der Waals surface area contributed by atoms with Crippen LogP contribution in [-0.2, 0) is 16.1 Å². The second-order valence-corrected chi connectivity index (χ2v) is 5.86. The maximum absolute atomic E-state index is 12.2. The topological polar surface area (TPSA) is 49.4 Å². The second kappa shape index (κ2) is 9.01. The fourth-order valence-electron chi connectivity index (χ4n) is 2.04. The van der Waals surface area contributed by atoms with Crippen LogP contribution in [0.15, 0.2) is 18.2 Å². The summed E-state index contributed by atoms with van der Waals surface area (Å²) in [6, 6.07) is 4.61. The summed E-state index contributed by atoms with van der Waals surface area (Å²) >= 11 is 12.3. The molecule has 0 radical (unpaired) electrons. The van der Waals surface area contributed by atoms with Crippen molar-refractivity contribution in [3.05, 3.63) is 33.8 Å². The summed E-state index contributed by atoms with van der Waals surface area (Å²) in [5.41, 5.74) is 0.655. The quantitative estimate of drug-likeness (QED) is 0.820. The van der Waals surface area contributed by atoms with Crippen LogP contribution in [0.1, 0.15) is 39.2 Å². The third-order valence-corrected chi connectivity index (χ3v) is 4.12. The van der Waals surface area contributed by atoms with Gasteiger partial charge in [0.25, 0.3) is 0 Å². The summed E-state index contributed by atoms with van der Waals surface area (Å²) < 4.78 is 0. The van der Waals surface area contributed by atoms with Crippen LogP contribution in [0.3, 0.4) is 0 Å². The van der Waals surface area contributed by atoms with E-state index < -0.39 is 6.04 Å². The fourth-order valence-corrected chi connectivity index (χ4v) is 2.55. The summed E-state index contributed by atoms with van der Waals surface area (Å²) in [5.74, 6) is -0.290. The van der Waals surface area contributed by atoms with E-state index in [4.69, 9.17) is 23.2 Å². The monoisotopic (exact) mass is 344 g/mol. The standard InChI is InChI=1S/C16H22Cl2N2O2/c1-4-9-19-16(22)11(3)20(15(21)5-2)10-12-13(17)7-6-8-14(12)18/h6-8,11H,4-5,9-10H2,1-3H3,(H,19,22). The van der Waals surface area contributed by atoms with Gasteiger partial charge in [0.05, 0.1) is 0 Å². The normalized spacial score (nSPS) is 11.9. The Morgan fingerprint density at radius 2 is 1.82 bits per heavy atom. The highest BCUT2D eigenvalue weighted by atomic mass is 35.5. The molecule has 1 unspecified atom stereocenters. The van der Waals surface area contributed by atoms with Gasteiger partial charge in [0.15, 0.2) is 0 Å².